The fourth-order valence-corrected chi connectivity index (χ4v) is 3.90. The molecule has 7 heteroatoms. The number of rotatable bonds is 6. The molecule has 1 atom stereocenters. The van der Waals surface area contributed by atoms with E-state index in [2.05, 4.69) is 22.0 Å². The molecule has 1 saturated heterocycles. The Morgan fingerprint density at radius 3 is 2.81 bits per heavy atom. The van der Waals surface area contributed by atoms with Crippen LogP contribution in [0.4, 0.5) is 0 Å². The van der Waals surface area contributed by atoms with Gasteiger partial charge in [0.05, 0.1) is 4.90 Å². The molecule has 0 bridgehead atoms. The summed E-state index contributed by atoms with van der Waals surface area (Å²) in [5.41, 5.74) is 0.780. The lowest BCUT2D eigenvalue weighted by atomic mass is 10.1. The highest BCUT2D eigenvalue weighted by Gasteiger charge is 2.22. The van der Waals surface area contributed by atoms with Gasteiger partial charge in [-0.25, -0.2) is 13.1 Å². The van der Waals surface area contributed by atoms with E-state index in [9.17, 15) is 8.42 Å². The molecule has 1 aromatic carbocycles. The fourth-order valence-electron chi connectivity index (χ4n) is 2.55. The molecule has 1 unspecified atom stereocenters. The van der Waals surface area contributed by atoms with Gasteiger partial charge in [0.25, 0.3) is 0 Å². The van der Waals surface area contributed by atoms with E-state index in [0.717, 1.165) is 25.1 Å². The summed E-state index contributed by atoms with van der Waals surface area (Å²) in [6, 6.07) is 4.80. The fraction of sp³-hybridized carbons (Fsp3) is 0.571. The normalized spacial score (nSPS) is 20.0. The number of sulfonamides is 1. The first kappa shape index (κ1) is 16.7. The molecule has 118 valence electrons. The largest absolute Gasteiger partial charge is 0.316 e. The van der Waals surface area contributed by atoms with Crippen LogP contribution in [0.3, 0.4) is 0 Å². The molecular weight excluding hydrogens is 310 g/mol. The van der Waals surface area contributed by atoms with Crippen molar-refractivity contribution >= 4 is 21.6 Å². The molecule has 1 heterocycles. The topological polar surface area (TPSA) is 61.4 Å². The summed E-state index contributed by atoms with van der Waals surface area (Å²) < 4.78 is 27.4. The molecule has 1 fully saturated rings. The summed E-state index contributed by atoms with van der Waals surface area (Å²) >= 11 is 6.06. The van der Waals surface area contributed by atoms with Crippen LogP contribution in [0, 0.1) is 5.92 Å². The Labute approximate surface area is 131 Å². The summed E-state index contributed by atoms with van der Waals surface area (Å²) in [4.78, 5) is 2.48. The summed E-state index contributed by atoms with van der Waals surface area (Å²) in [5, 5.41) is 3.55. The second kappa shape index (κ2) is 7.07. The molecule has 0 aromatic heterocycles. The summed E-state index contributed by atoms with van der Waals surface area (Å²) in [5.74, 6) is 0.383. The number of hydrogen-bond acceptors (Lipinski definition) is 4. The van der Waals surface area contributed by atoms with Crippen LogP contribution in [0.2, 0.25) is 5.02 Å². The van der Waals surface area contributed by atoms with Crippen LogP contribution in [0.5, 0.6) is 0 Å². The first-order chi connectivity index (χ1) is 9.92. The highest BCUT2D eigenvalue weighted by Crippen LogP contribution is 2.21. The van der Waals surface area contributed by atoms with E-state index in [-0.39, 0.29) is 4.90 Å². The third-order valence-electron chi connectivity index (χ3n) is 3.75. The van der Waals surface area contributed by atoms with Gasteiger partial charge in [0.15, 0.2) is 0 Å². The van der Waals surface area contributed by atoms with Crippen LogP contribution in [-0.2, 0) is 16.6 Å². The predicted octanol–water partition coefficient (Wildman–Crippen LogP) is 1.29. The number of likely N-dealkylation sites (tertiary alicyclic amines) is 1. The average Bonchev–Trinajstić information content (AvgIpc) is 2.85. The van der Waals surface area contributed by atoms with Gasteiger partial charge in [-0.3, -0.25) is 0 Å². The second-order valence-electron chi connectivity index (χ2n) is 5.55. The average molecular weight is 332 g/mol. The Kier molecular flexibility index (Phi) is 5.62. The minimum absolute atomic E-state index is 0.267. The molecule has 0 spiro atoms. The van der Waals surface area contributed by atoms with Crippen LogP contribution in [0.25, 0.3) is 0 Å². The van der Waals surface area contributed by atoms with Crippen LogP contribution < -0.4 is 10.0 Å². The molecule has 0 saturated carbocycles. The second-order valence-corrected chi connectivity index (χ2v) is 7.73. The van der Waals surface area contributed by atoms with Gasteiger partial charge in [-0.15, -0.1) is 0 Å². The number of nitrogens with zero attached hydrogens (tertiary/aromatic N) is 1. The number of halogens is 1. The SMILES string of the molecule is CNCc1cc(S(=O)(=O)NCC2CCN(C)C2)ccc1Cl. The molecular formula is C14H22ClN3O2S. The van der Waals surface area contributed by atoms with E-state index in [4.69, 9.17) is 11.6 Å². The molecule has 0 amide bonds. The Morgan fingerprint density at radius 2 is 2.19 bits per heavy atom. The van der Waals surface area contributed by atoms with Crippen molar-refractivity contribution in [3.63, 3.8) is 0 Å². The van der Waals surface area contributed by atoms with E-state index >= 15 is 0 Å². The van der Waals surface area contributed by atoms with Crippen molar-refractivity contribution < 1.29 is 8.42 Å². The standard InChI is InChI=1S/C14H22ClN3O2S/c1-16-9-12-7-13(3-4-14(12)15)21(19,20)17-8-11-5-6-18(2)10-11/h3-4,7,11,16-17H,5-6,8-10H2,1-2H3. The highest BCUT2D eigenvalue weighted by atomic mass is 35.5. The summed E-state index contributed by atoms with van der Waals surface area (Å²) in [6.45, 7) is 2.99. The van der Waals surface area contributed by atoms with Gasteiger partial charge in [-0.1, -0.05) is 11.6 Å². The van der Waals surface area contributed by atoms with E-state index in [1.54, 1.807) is 25.2 Å². The molecule has 5 nitrogen and oxygen atoms in total. The van der Waals surface area contributed by atoms with Crippen LogP contribution in [-0.4, -0.2) is 47.0 Å². The van der Waals surface area contributed by atoms with E-state index in [1.165, 1.54) is 0 Å². The molecule has 1 aliphatic heterocycles. The molecule has 0 radical (unpaired) electrons. The lowest BCUT2D eigenvalue weighted by molar-refractivity contribution is 0.394. The van der Waals surface area contributed by atoms with E-state index in [1.807, 2.05) is 0 Å². The Morgan fingerprint density at radius 1 is 1.43 bits per heavy atom. The van der Waals surface area contributed by atoms with Gasteiger partial charge in [0.2, 0.25) is 10.0 Å². The maximum atomic E-state index is 12.3. The molecule has 2 rings (SSSR count). The summed E-state index contributed by atoms with van der Waals surface area (Å²) in [6.07, 6.45) is 1.03. The lowest BCUT2D eigenvalue weighted by Crippen LogP contribution is -2.30. The van der Waals surface area contributed by atoms with Gasteiger partial charge in [0.1, 0.15) is 0 Å². The maximum absolute atomic E-state index is 12.3. The van der Waals surface area contributed by atoms with Gasteiger partial charge in [-0.2, -0.15) is 0 Å². The minimum Gasteiger partial charge on any atom is -0.316 e. The Bertz CT molecular complexity index is 592. The zero-order valence-corrected chi connectivity index (χ0v) is 14.0. The van der Waals surface area contributed by atoms with E-state index < -0.39 is 10.0 Å². The zero-order valence-electron chi connectivity index (χ0n) is 12.4. The zero-order chi connectivity index (χ0) is 15.5. The van der Waals surface area contributed by atoms with E-state index in [0.29, 0.717) is 24.0 Å². The number of benzene rings is 1. The molecule has 2 N–H and O–H groups in total. The van der Waals surface area contributed by atoms with Crippen molar-refractivity contribution in [2.75, 3.05) is 33.7 Å². The van der Waals surface area contributed by atoms with Crippen LogP contribution in [0.1, 0.15) is 12.0 Å². The van der Waals surface area contributed by atoms with Gasteiger partial charge < -0.3 is 10.2 Å². The number of hydrogen-bond donors (Lipinski definition) is 2. The predicted molar refractivity (Wildman–Crippen MR) is 85.0 cm³/mol. The summed E-state index contributed by atoms with van der Waals surface area (Å²) in [7, 11) is 0.374. The first-order valence-corrected chi connectivity index (χ1v) is 8.89. The van der Waals surface area contributed by atoms with Crippen LogP contribution >= 0.6 is 11.6 Å². The lowest BCUT2D eigenvalue weighted by Gasteiger charge is -2.13. The number of nitrogens with one attached hydrogen (secondary N) is 2. The third kappa shape index (κ3) is 4.40. The smallest absolute Gasteiger partial charge is 0.240 e. The maximum Gasteiger partial charge on any atom is 0.240 e. The van der Waals surface area contributed by atoms with Gasteiger partial charge >= 0.3 is 0 Å². The highest BCUT2D eigenvalue weighted by molar-refractivity contribution is 7.89. The van der Waals surface area contributed by atoms with Gasteiger partial charge in [0, 0.05) is 24.7 Å². The minimum atomic E-state index is -3.48. The van der Waals surface area contributed by atoms with Crippen molar-refractivity contribution in [1.29, 1.82) is 0 Å². The first-order valence-electron chi connectivity index (χ1n) is 7.03. The van der Waals surface area contributed by atoms with Crippen molar-refractivity contribution in [3.05, 3.63) is 28.8 Å². The quantitative estimate of drug-likeness (QED) is 0.824. The molecule has 1 aromatic rings. The Hall–Kier alpha value is -0.660. The van der Waals surface area contributed by atoms with Crippen LogP contribution in [0.15, 0.2) is 23.1 Å². The molecule has 0 aliphatic carbocycles. The molecule has 21 heavy (non-hydrogen) atoms. The van der Waals surface area contributed by atoms with Crippen molar-refractivity contribution in [2.24, 2.45) is 5.92 Å². The Balaban J connectivity index is 2.06. The monoisotopic (exact) mass is 331 g/mol. The molecule has 1 aliphatic rings. The third-order valence-corrected chi connectivity index (χ3v) is 5.54. The van der Waals surface area contributed by atoms with Crippen molar-refractivity contribution in [1.82, 2.24) is 14.9 Å². The van der Waals surface area contributed by atoms with Gasteiger partial charge in [-0.05, 0) is 56.7 Å². The van der Waals surface area contributed by atoms with Crippen molar-refractivity contribution in [2.45, 2.75) is 17.9 Å². The van der Waals surface area contributed by atoms with Crippen molar-refractivity contribution in [3.8, 4) is 0 Å².